The van der Waals surface area contributed by atoms with Crippen LogP contribution in [0.25, 0.3) is 32.6 Å². The molecule has 0 saturated carbocycles. The Morgan fingerprint density at radius 1 is 1.11 bits per heavy atom. The van der Waals surface area contributed by atoms with E-state index in [1.54, 1.807) is 24.6 Å². The van der Waals surface area contributed by atoms with Gasteiger partial charge in [0.05, 0.1) is 23.7 Å². The van der Waals surface area contributed by atoms with Crippen molar-refractivity contribution < 1.29 is 4.74 Å². The molecule has 1 N–H and O–H groups in total. The number of hydrogen-bond acceptors (Lipinski definition) is 6. The quantitative estimate of drug-likeness (QED) is 0.408. The summed E-state index contributed by atoms with van der Waals surface area (Å²) in [6.45, 7) is 3.86. The molecule has 1 aromatic carbocycles. The number of benzene rings is 1. The molecule has 0 fully saturated rings. The largest absolute Gasteiger partial charge is 0.481 e. The lowest BCUT2D eigenvalue weighted by atomic mass is 9.93. The minimum Gasteiger partial charge on any atom is -0.481 e. The molecule has 140 valence electrons. The Hall–Kier alpha value is -3.12. The summed E-state index contributed by atoms with van der Waals surface area (Å²) >= 11 is 1.68. The number of aromatic nitrogens is 2. The van der Waals surface area contributed by atoms with Gasteiger partial charge < -0.3 is 4.74 Å². The molecule has 3 heterocycles. The van der Waals surface area contributed by atoms with Crippen molar-refractivity contribution in [1.29, 1.82) is 5.53 Å². The van der Waals surface area contributed by atoms with Crippen LogP contribution in [0.3, 0.4) is 0 Å². The van der Waals surface area contributed by atoms with Crippen molar-refractivity contribution in [2.24, 2.45) is 5.11 Å². The van der Waals surface area contributed by atoms with E-state index in [2.05, 4.69) is 27.6 Å². The summed E-state index contributed by atoms with van der Waals surface area (Å²) in [7, 11) is 1.62. The van der Waals surface area contributed by atoms with Gasteiger partial charge in [-0.3, -0.25) is 0 Å². The van der Waals surface area contributed by atoms with Crippen LogP contribution in [-0.4, -0.2) is 17.1 Å². The highest BCUT2D eigenvalue weighted by Crippen LogP contribution is 2.38. The van der Waals surface area contributed by atoms with E-state index >= 15 is 0 Å². The Kier molecular flexibility index (Phi) is 4.65. The van der Waals surface area contributed by atoms with E-state index in [0.29, 0.717) is 5.88 Å². The molecule has 4 aromatic rings. The average Bonchev–Trinajstić information content (AvgIpc) is 3.27. The molecule has 28 heavy (non-hydrogen) atoms. The van der Waals surface area contributed by atoms with Gasteiger partial charge in [-0.15, -0.1) is 11.3 Å². The van der Waals surface area contributed by atoms with E-state index in [9.17, 15) is 0 Å². The standard InChI is InChI=1S/C22H20N4OS/c1-22(2,26-23)15-8-6-14(7-9-15)20-17(19-5-4-12-28-19)13-16-18(25-20)10-11-24-21(16)27-3/h4-13,23H,1-3H3. The smallest absolute Gasteiger partial charge is 0.222 e. The fraction of sp³-hybridized carbons (Fsp3) is 0.182. The van der Waals surface area contributed by atoms with E-state index in [-0.39, 0.29) is 0 Å². The third-order valence-electron chi connectivity index (χ3n) is 4.83. The molecule has 0 unspecified atom stereocenters. The van der Waals surface area contributed by atoms with Crippen LogP contribution in [-0.2, 0) is 5.54 Å². The van der Waals surface area contributed by atoms with E-state index < -0.39 is 5.54 Å². The van der Waals surface area contributed by atoms with E-state index in [4.69, 9.17) is 15.3 Å². The minimum absolute atomic E-state index is 0.537. The molecular formula is C22H20N4OS. The second kappa shape index (κ2) is 7.13. The number of hydrogen-bond donors (Lipinski definition) is 1. The van der Waals surface area contributed by atoms with Gasteiger partial charge in [-0.25, -0.2) is 15.5 Å². The fourth-order valence-corrected chi connectivity index (χ4v) is 3.92. The van der Waals surface area contributed by atoms with Gasteiger partial charge in [-0.05, 0) is 43.0 Å². The topological polar surface area (TPSA) is 71.2 Å². The molecule has 0 aliphatic rings. The van der Waals surface area contributed by atoms with Gasteiger partial charge in [-0.2, -0.15) is 5.11 Å². The third-order valence-corrected chi connectivity index (χ3v) is 5.73. The second-order valence-corrected chi connectivity index (χ2v) is 7.94. The first-order chi connectivity index (χ1) is 13.5. The molecule has 0 atom stereocenters. The van der Waals surface area contributed by atoms with Gasteiger partial charge >= 0.3 is 0 Å². The molecule has 6 heteroatoms. The van der Waals surface area contributed by atoms with Crippen LogP contribution in [0.1, 0.15) is 19.4 Å². The maximum absolute atomic E-state index is 7.41. The van der Waals surface area contributed by atoms with Gasteiger partial charge in [0.15, 0.2) is 0 Å². The normalized spacial score (nSPS) is 11.5. The van der Waals surface area contributed by atoms with Crippen molar-refractivity contribution >= 4 is 22.2 Å². The number of thiophene rings is 1. The summed E-state index contributed by atoms with van der Waals surface area (Å²) in [4.78, 5) is 10.4. The molecule has 0 saturated heterocycles. The van der Waals surface area contributed by atoms with Gasteiger partial charge in [-0.1, -0.05) is 30.3 Å². The zero-order valence-electron chi connectivity index (χ0n) is 15.9. The summed E-state index contributed by atoms with van der Waals surface area (Å²) < 4.78 is 5.44. The first-order valence-corrected chi connectivity index (χ1v) is 9.78. The predicted molar refractivity (Wildman–Crippen MR) is 113 cm³/mol. The van der Waals surface area contributed by atoms with Crippen molar-refractivity contribution in [2.45, 2.75) is 19.4 Å². The molecule has 0 spiro atoms. The molecular weight excluding hydrogens is 368 g/mol. The zero-order valence-corrected chi connectivity index (χ0v) is 16.7. The third kappa shape index (κ3) is 3.16. The summed E-state index contributed by atoms with van der Waals surface area (Å²) in [6, 6.07) is 16.3. The Labute approximate surface area is 167 Å². The summed E-state index contributed by atoms with van der Waals surface area (Å²) in [6.07, 6.45) is 1.71. The lowest BCUT2D eigenvalue weighted by molar-refractivity contribution is 0.403. The Morgan fingerprint density at radius 2 is 1.89 bits per heavy atom. The number of nitrogens with zero attached hydrogens (tertiary/aromatic N) is 3. The number of rotatable bonds is 5. The zero-order chi connectivity index (χ0) is 19.7. The molecule has 0 amide bonds. The van der Waals surface area contributed by atoms with Crippen LogP contribution < -0.4 is 4.74 Å². The van der Waals surface area contributed by atoms with Crippen molar-refractivity contribution in [3.63, 3.8) is 0 Å². The molecule has 5 nitrogen and oxygen atoms in total. The molecule has 3 aromatic heterocycles. The molecule has 4 rings (SSSR count). The summed E-state index contributed by atoms with van der Waals surface area (Å²) in [5.41, 5.74) is 11.7. The lowest BCUT2D eigenvalue weighted by Gasteiger charge is -2.18. The Bertz CT molecular complexity index is 1140. The number of nitrogens with one attached hydrogen (secondary N) is 1. The first-order valence-electron chi connectivity index (χ1n) is 8.90. The SMILES string of the molecule is COc1nccc2nc(-c3ccc(C(C)(C)N=N)cc3)c(-c3cccs3)cc12. The van der Waals surface area contributed by atoms with Crippen molar-refractivity contribution in [3.8, 4) is 27.6 Å². The number of pyridine rings is 2. The summed E-state index contributed by atoms with van der Waals surface area (Å²) in [5.74, 6) is 0.573. The minimum atomic E-state index is -0.537. The second-order valence-electron chi connectivity index (χ2n) is 7.00. The molecule has 0 aliphatic carbocycles. The molecule has 0 aliphatic heterocycles. The van der Waals surface area contributed by atoms with Crippen molar-refractivity contribution in [1.82, 2.24) is 9.97 Å². The van der Waals surface area contributed by atoms with Gasteiger partial charge in [0.2, 0.25) is 5.88 Å². The van der Waals surface area contributed by atoms with Crippen LogP contribution in [0.4, 0.5) is 0 Å². The monoisotopic (exact) mass is 388 g/mol. The average molecular weight is 388 g/mol. The van der Waals surface area contributed by atoms with Crippen molar-refractivity contribution in [2.75, 3.05) is 7.11 Å². The number of ether oxygens (including phenoxy) is 1. The fourth-order valence-electron chi connectivity index (χ4n) is 3.17. The Balaban J connectivity index is 1.93. The highest BCUT2D eigenvalue weighted by molar-refractivity contribution is 7.13. The highest BCUT2D eigenvalue weighted by Gasteiger charge is 2.20. The number of methoxy groups -OCH3 is 1. The molecule has 0 radical (unpaired) electrons. The van der Waals surface area contributed by atoms with E-state index in [1.807, 2.05) is 50.2 Å². The molecule has 0 bridgehead atoms. The van der Waals surface area contributed by atoms with Crippen LogP contribution in [0, 0.1) is 5.53 Å². The maximum atomic E-state index is 7.41. The predicted octanol–water partition coefficient (Wildman–Crippen LogP) is 6.30. The van der Waals surface area contributed by atoms with Crippen LogP contribution in [0.15, 0.2) is 65.2 Å². The number of fused-ring (bicyclic) bond motifs is 1. The van der Waals surface area contributed by atoms with Crippen LogP contribution in [0.2, 0.25) is 0 Å². The first kappa shape index (κ1) is 18.3. The van der Waals surface area contributed by atoms with Gasteiger partial charge in [0.25, 0.3) is 0 Å². The van der Waals surface area contributed by atoms with Gasteiger partial charge in [0.1, 0.15) is 5.54 Å². The van der Waals surface area contributed by atoms with Crippen molar-refractivity contribution in [3.05, 3.63) is 65.7 Å². The summed E-state index contributed by atoms with van der Waals surface area (Å²) in [5, 5.41) is 6.68. The van der Waals surface area contributed by atoms with Gasteiger partial charge in [0, 0.05) is 22.2 Å². The maximum Gasteiger partial charge on any atom is 0.222 e. The van der Waals surface area contributed by atoms with E-state index in [1.165, 1.54) is 0 Å². The van der Waals surface area contributed by atoms with Crippen LogP contribution in [0.5, 0.6) is 5.88 Å². The van der Waals surface area contributed by atoms with Crippen LogP contribution >= 0.6 is 11.3 Å². The Morgan fingerprint density at radius 3 is 2.54 bits per heavy atom. The van der Waals surface area contributed by atoms with E-state index in [0.717, 1.165) is 38.2 Å². The lowest BCUT2D eigenvalue weighted by Crippen LogP contribution is -2.12. The highest BCUT2D eigenvalue weighted by atomic mass is 32.1.